The van der Waals surface area contributed by atoms with Crippen molar-refractivity contribution in [2.75, 3.05) is 25.4 Å². The average molecular weight is 329 g/mol. The second-order valence-electron chi connectivity index (χ2n) is 6.12. The molecule has 1 aliphatic heterocycles. The standard InChI is InChI=1S/C14H20FN3O3S/c1-2-22(19,20)18-8-11-4-3-5-14(11,9-18)10-21-13-16-6-12(15)7-17-13/h6-7,11H,2-5,8-10H2,1H3. The number of ether oxygens (including phenoxy) is 1. The van der Waals surface area contributed by atoms with Crippen molar-refractivity contribution >= 4 is 10.0 Å². The third kappa shape index (κ3) is 2.81. The number of sulfonamides is 1. The van der Waals surface area contributed by atoms with Crippen LogP contribution >= 0.6 is 0 Å². The van der Waals surface area contributed by atoms with Crippen molar-refractivity contribution < 1.29 is 17.5 Å². The second-order valence-corrected chi connectivity index (χ2v) is 8.37. The van der Waals surface area contributed by atoms with Crippen molar-refractivity contribution in [2.24, 2.45) is 11.3 Å². The Morgan fingerprint density at radius 2 is 2.18 bits per heavy atom. The molecule has 6 nitrogen and oxygen atoms in total. The molecular formula is C14H20FN3O3S. The van der Waals surface area contributed by atoms with Gasteiger partial charge in [-0.25, -0.2) is 27.1 Å². The van der Waals surface area contributed by atoms with Crippen molar-refractivity contribution in [3.63, 3.8) is 0 Å². The van der Waals surface area contributed by atoms with Crippen molar-refractivity contribution in [1.82, 2.24) is 14.3 Å². The molecule has 0 radical (unpaired) electrons. The molecule has 1 aliphatic carbocycles. The molecule has 8 heteroatoms. The van der Waals surface area contributed by atoms with Crippen LogP contribution in [0.25, 0.3) is 0 Å². The largest absolute Gasteiger partial charge is 0.463 e. The molecular weight excluding hydrogens is 309 g/mol. The summed E-state index contributed by atoms with van der Waals surface area (Å²) in [7, 11) is -3.17. The maximum atomic E-state index is 12.8. The normalized spacial score (nSPS) is 28.7. The number of nitrogens with zero attached hydrogens (tertiary/aromatic N) is 3. The maximum Gasteiger partial charge on any atom is 0.316 e. The van der Waals surface area contributed by atoms with Crippen LogP contribution in [0.1, 0.15) is 26.2 Å². The van der Waals surface area contributed by atoms with Crippen molar-refractivity contribution in [1.29, 1.82) is 0 Å². The number of aromatic nitrogens is 2. The third-order valence-electron chi connectivity index (χ3n) is 4.85. The first kappa shape index (κ1) is 15.6. The Hall–Kier alpha value is -1.28. The maximum absolute atomic E-state index is 12.8. The zero-order valence-electron chi connectivity index (χ0n) is 12.5. The summed E-state index contributed by atoms with van der Waals surface area (Å²) in [5.41, 5.74) is -0.167. The van der Waals surface area contributed by atoms with Crippen LogP contribution in [0.3, 0.4) is 0 Å². The van der Waals surface area contributed by atoms with E-state index in [1.54, 1.807) is 11.2 Å². The molecule has 1 saturated heterocycles. The number of hydrogen-bond acceptors (Lipinski definition) is 5. The van der Waals surface area contributed by atoms with E-state index in [4.69, 9.17) is 4.74 Å². The van der Waals surface area contributed by atoms with Gasteiger partial charge in [-0.3, -0.25) is 0 Å². The summed E-state index contributed by atoms with van der Waals surface area (Å²) in [6, 6.07) is 0.137. The van der Waals surface area contributed by atoms with Gasteiger partial charge in [-0.2, -0.15) is 0 Å². The number of fused-ring (bicyclic) bond motifs is 1. The van der Waals surface area contributed by atoms with E-state index in [-0.39, 0.29) is 17.2 Å². The van der Waals surface area contributed by atoms with E-state index in [0.717, 1.165) is 31.7 Å². The Kier molecular flexibility index (Phi) is 4.07. The van der Waals surface area contributed by atoms with E-state index in [1.165, 1.54) is 0 Å². The van der Waals surface area contributed by atoms with Crippen molar-refractivity contribution in [2.45, 2.75) is 26.2 Å². The molecule has 0 bridgehead atoms. The minimum Gasteiger partial charge on any atom is -0.463 e. The minimum atomic E-state index is -3.17. The van der Waals surface area contributed by atoms with Gasteiger partial charge in [-0.1, -0.05) is 6.42 Å². The van der Waals surface area contributed by atoms with Gasteiger partial charge in [0, 0.05) is 18.5 Å². The molecule has 3 rings (SSSR count). The SMILES string of the molecule is CCS(=O)(=O)N1CC2CCCC2(COc2ncc(F)cn2)C1. The molecule has 2 atom stereocenters. The van der Waals surface area contributed by atoms with Crippen LogP contribution in [-0.2, 0) is 10.0 Å². The van der Waals surface area contributed by atoms with Crippen molar-refractivity contribution in [3.8, 4) is 6.01 Å². The van der Waals surface area contributed by atoms with Crippen LogP contribution in [0.2, 0.25) is 0 Å². The molecule has 0 spiro atoms. The molecule has 0 N–H and O–H groups in total. The summed E-state index contributed by atoms with van der Waals surface area (Å²) in [6.45, 7) is 3.11. The van der Waals surface area contributed by atoms with Crippen LogP contribution in [0.5, 0.6) is 6.01 Å². The van der Waals surface area contributed by atoms with Crippen LogP contribution < -0.4 is 4.74 Å². The first-order chi connectivity index (χ1) is 10.5. The summed E-state index contributed by atoms with van der Waals surface area (Å²) in [5, 5.41) is 0. The zero-order valence-corrected chi connectivity index (χ0v) is 13.4. The van der Waals surface area contributed by atoms with Gasteiger partial charge in [0.25, 0.3) is 0 Å². The van der Waals surface area contributed by atoms with E-state index >= 15 is 0 Å². The Morgan fingerprint density at radius 3 is 2.86 bits per heavy atom. The van der Waals surface area contributed by atoms with Gasteiger partial charge in [0.05, 0.1) is 24.8 Å². The number of hydrogen-bond donors (Lipinski definition) is 0. The lowest BCUT2D eigenvalue weighted by Gasteiger charge is -2.28. The third-order valence-corrected chi connectivity index (χ3v) is 6.65. The Morgan fingerprint density at radius 1 is 1.45 bits per heavy atom. The second kappa shape index (κ2) is 5.73. The first-order valence-electron chi connectivity index (χ1n) is 7.53. The van der Waals surface area contributed by atoms with Crippen molar-refractivity contribution in [3.05, 3.63) is 18.2 Å². The average Bonchev–Trinajstić information content (AvgIpc) is 3.04. The van der Waals surface area contributed by atoms with Gasteiger partial charge >= 0.3 is 6.01 Å². The molecule has 0 aromatic carbocycles. The van der Waals surface area contributed by atoms with Crippen LogP contribution in [0.4, 0.5) is 4.39 Å². The van der Waals surface area contributed by atoms with E-state index in [0.29, 0.717) is 25.6 Å². The predicted octanol–water partition coefficient (Wildman–Crippen LogP) is 1.45. The van der Waals surface area contributed by atoms with E-state index in [1.807, 2.05) is 0 Å². The topological polar surface area (TPSA) is 72.4 Å². The van der Waals surface area contributed by atoms with Gasteiger partial charge in [-0.05, 0) is 25.7 Å². The highest BCUT2D eigenvalue weighted by Gasteiger charge is 2.52. The first-order valence-corrected chi connectivity index (χ1v) is 9.14. The Bertz CT molecular complexity index is 637. The number of rotatable bonds is 5. The van der Waals surface area contributed by atoms with Gasteiger partial charge < -0.3 is 4.74 Å². The molecule has 1 aromatic heterocycles. The van der Waals surface area contributed by atoms with E-state index in [2.05, 4.69) is 9.97 Å². The molecule has 2 fully saturated rings. The highest BCUT2D eigenvalue weighted by atomic mass is 32.2. The lowest BCUT2D eigenvalue weighted by molar-refractivity contribution is 0.125. The fraction of sp³-hybridized carbons (Fsp3) is 0.714. The van der Waals surface area contributed by atoms with Crippen LogP contribution in [0.15, 0.2) is 12.4 Å². The summed E-state index contributed by atoms with van der Waals surface area (Å²) in [4.78, 5) is 7.59. The van der Waals surface area contributed by atoms with E-state index < -0.39 is 15.8 Å². The molecule has 0 amide bonds. The molecule has 22 heavy (non-hydrogen) atoms. The Balaban J connectivity index is 1.72. The van der Waals surface area contributed by atoms with E-state index in [9.17, 15) is 12.8 Å². The quantitative estimate of drug-likeness (QED) is 0.817. The number of halogens is 1. The minimum absolute atomic E-state index is 0.123. The summed E-state index contributed by atoms with van der Waals surface area (Å²) in [5.74, 6) is -0.0721. The highest BCUT2D eigenvalue weighted by Crippen LogP contribution is 2.49. The molecule has 2 aliphatic rings. The monoisotopic (exact) mass is 329 g/mol. The van der Waals surface area contributed by atoms with Gasteiger partial charge in [0.15, 0.2) is 5.82 Å². The van der Waals surface area contributed by atoms with Gasteiger partial charge in [0.2, 0.25) is 10.0 Å². The molecule has 1 aromatic rings. The molecule has 2 unspecified atom stereocenters. The summed E-state index contributed by atoms with van der Waals surface area (Å²) in [6.07, 6.45) is 5.17. The Labute approximate surface area is 129 Å². The lowest BCUT2D eigenvalue weighted by Crippen LogP contribution is -2.36. The molecule has 2 heterocycles. The van der Waals surface area contributed by atoms with Crippen LogP contribution in [-0.4, -0.2) is 48.1 Å². The van der Waals surface area contributed by atoms with Gasteiger partial charge in [-0.15, -0.1) is 0 Å². The lowest BCUT2D eigenvalue weighted by atomic mass is 9.82. The molecule has 122 valence electrons. The predicted molar refractivity (Wildman–Crippen MR) is 78.3 cm³/mol. The molecule has 1 saturated carbocycles. The van der Waals surface area contributed by atoms with Gasteiger partial charge in [0.1, 0.15) is 0 Å². The van der Waals surface area contributed by atoms with Crippen LogP contribution in [0, 0.1) is 17.2 Å². The summed E-state index contributed by atoms with van der Waals surface area (Å²) >= 11 is 0. The smallest absolute Gasteiger partial charge is 0.316 e. The fourth-order valence-corrected chi connectivity index (χ4v) is 4.80. The fourth-order valence-electron chi connectivity index (χ4n) is 3.58. The zero-order chi connectivity index (χ0) is 15.8. The summed E-state index contributed by atoms with van der Waals surface area (Å²) < 4.78 is 44.2. The highest BCUT2D eigenvalue weighted by molar-refractivity contribution is 7.89.